The number of hydrogen-bond acceptors (Lipinski definition) is 4. The van der Waals surface area contributed by atoms with Crippen molar-refractivity contribution in [3.63, 3.8) is 0 Å². The molecule has 0 heterocycles. The van der Waals surface area contributed by atoms with Crippen molar-refractivity contribution in [2.75, 3.05) is 6.61 Å². The molecule has 0 spiro atoms. The van der Waals surface area contributed by atoms with Crippen LogP contribution in [0.5, 0.6) is 0 Å². The van der Waals surface area contributed by atoms with E-state index in [1.165, 1.54) is 18.3 Å². The number of nitrogens with zero attached hydrogens (tertiary/aromatic N) is 1. The van der Waals surface area contributed by atoms with Crippen molar-refractivity contribution in [2.45, 2.75) is 19.1 Å². The highest BCUT2D eigenvalue weighted by Gasteiger charge is 2.41. The first-order chi connectivity index (χ1) is 6.82. The molecule has 0 aromatic carbocycles. The molecule has 0 rings (SSSR count). The van der Waals surface area contributed by atoms with Crippen molar-refractivity contribution in [3.8, 4) is 6.07 Å². The van der Waals surface area contributed by atoms with Gasteiger partial charge < -0.3 is 10.1 Å². The fourth-order valence-corrected chi connectivity index (χ4v) is 0.582. The third-order valence-electron chi connectivity index (χ3n) is 1.18. The maximum atomic E-state index is 11.7. The van der Waals surface area contributed by atoms with Crippen LogP contribution in [0.3, 0.4) is 0 Å². The summed E-state index contributed by atoms with van der Waals surface area (Å²) >= 11 is 0. The standard InChI is InChI=1S/C7H7F3N2O3/c1-2-15-5(13)4(3-11)12-6(14)7(8,9)10/h4H,2H2,1H3,(H,12,14)/t4-/m0/s1. The van der Waals surface area contributed by atoms with Crippen molar-refractivity contribution in [2.24, 2.45) is 0 Å². The zero-order valence-electron chi connectivity index (χ0n) is 7.59. The molecule has 0 aromatic rings. The molecule has 0 fully saturated rings. The summed E-state index contributed by atoms with van der Waals surface area (Å²) in [5, 5.41) is 9.50. The van der Waals surface area contributed by atoms with Crippen molar-refractivity contribution < 1.29 is 27.5 Å². The minimum Gasteiger partial charge on any atom is -0.464 e. The summed E-state index contributed by atoms with van der Waals surface area (Å²) in [6.07, 6.45) is -5.14. The molecule has 0 radical (unpaired) electrons. The topological polar surface area (TPSA) is 79.2 Å². The van der Waals surface area contributed by atoms with Gasteiger partial charge in [0.05, 0.1) is 12.7 Å². The Bertz CT molecular complexity index is 295. The number of carbonyl (C=O) groups excluding carboxylic acids is 2. The molecule has 1 atom stereocenters. The quantitative estimate of drug-likeness (QED) is 0.690. The zero-order chi connectivity index (χ0) is 12.1. The minimum absolute atomic E-state index is 0.0983. The van der Waals surface area contributed by atoms with Gasteiger partial charge in [0.2, 0.25) is 6.04 Å². The van der Waals surface area contributed by atoms with Gasteiger partial charge in [0.25, 0.3) is 0 Å². The predicted molar refractivity (Wildman–Crippen MR) is 40.2 cm³/mol. The van der Waals surface area contributed by atoms with Crippen molar-refractivity contribution in [1.82, 2.24) is 5.32 Å². The molecule has 0 aliphatic carbocycles. The van der Waals surface area contributed by atoms with Crippen molar-refractivity contribution in [1.29, 1.82) is 5.26 Å². The molecule has 0 aliphatic rings. The molecule has 1 amide bonds. The zero-order valence-corrected chi connectivity index (χ0v) is 7.59. The number of hydrogen-bond donors (Lipinski definition) is 1. The normalized spacial score (nSPS) is 12.5. The van der Waals surface area contributed by atoms with Crippen LogP contribution in [0.15, 0.2) is 0 Å². The Labute approximate surface area is 82.8 Å². The first-order valence-corrected chi connectivity index (χ1v) is 3.76. The number of ether oxygens (including phenoxy) is 1. The van der Waals surface area contributed by atoms with Gasteiger partial charge in [-0.2, -0.15) is 18.4 Å². The van der Waals surface area contributed by atoms with Gasteiger partial charge in [-0.3, -0.25) is 4.79 Å². The fourth-order valence-electron chi connectivity index (χ4n) is 0.582. The third kappa shape index (κ3) is 4.30. The summed E-state index contributed by atoms with van der Waals surface area (Å²) < 4.78 is 39.4. The third-order valence-corrected chi connectivity index (χ3v) is 1.18. The first kappa shape index (κ1) is 13.2. The molecule has 0 unspecified atom stereocenters. The minimum atomic E-state index is -5.14. The lowest BCUT2D eigenvalue weighted by Crippen LogP contribution is -2.46. The molecule has 5 nitrogen and oxygen atoms in total. The molecule has 0 aromatic heterocycles. The van der Waals surface area contributed by atoms with Gasteiger partial charge in [0, 0.05) is 0 Å². The summed E-state index contributed by atoms with van der Waals surface area (Å²) in [6, 6.07) is -0.762. The molecule has 84 valence electrons. The lowest BCUT2D eigenvalue weighted by atomic mass is 10.3. The fraction of sp³-hybridized carbons (Fsp3) is 0.571. The number of carbonyl (C=O) groups is 2. The number of amides is 1. The van der Waals surface area contributed by atoms with Crippen LogP contribution >= 0.6 is 0 Å². The second-order valence-corrected chi connectivity index (χ2v) is 2.29. The van der Waals surface area contributed by atoms with Crippen LogP contribution < -0.4 is 5.32 Å². The van der Waals surface area contributed by atoms with E-state index in [2.05, 4.69) is 4.74 Å². The average molecular weight is 224 g/mol. The number of rotatable bonds is 3. The molecule has 0 saturated heterocycles. The largest absolute Gasteiger partial charge is 0.471 e. The van der Waals surface area contributed by atoms with E-state index in [4.69, 9.17) is 5.26 Å². The van der Waals surface area contributed by atoms with Gasteiger partial charge in [-0.15, -0.1) is 0 Å². The number of alkyl halides is 3. The molecule has 1 N–H and O–H groups in total. The smallest absolute Gasteiger partial charge is 0.464 e. The predicted octanol–water partition coefficient (Wildman–Crippen LogP) is 0.120. The van der Waals surface area contributed by atoms with Crippen molar-refractivity contribution >= 4 is 11.9 Å². The van der Waals surface area contributed by atoms with Crippen LogP contribution in [0.1, 0.15) is 6.92 Å². The van der Waals surface area contributed by atoms with Gasteiger partial charge in [0.1, 0.15) is 0 Å². The molecule has 0 aliphatic heterocycles. The van der Waals surface area contributed by atoms with Gasteiger partial charge in [-0.05, 0) is 6.92 Å². The van der Waals surface area contributed by atoms with Crippen LogP contribution in [-0.2, 0) is 14.3 Å². The molecule has 0 bridgehead atoms. The summed E-state index contributed by atoms with van der Waals surface area (Å²) in [7, 11) is 0. The Morgan fingerprint density at radius 1 is 1.53 bits per heavy atom. The lowest BCUT2D eigenvalue weighted by molar-refractivity contribution is -0.175. The Morgan fingerprint density at radius 2 is 2.07 bits per heavy atom. The number of halogens is 3. The maximum absolute atomic E-state index is 11.7. The van der Waals surface area contributed by atoms with E-state index < -0.39 is 24.1 Å². The summed E-state index contributed by atoms with van der Waals surface area (Å²) in [5.41, 5.74) is 0. The van der Waals surface area contributed by atoms with Gasteiger partial charge in [-0.25, -0.2) is 4.79 Å². The lowest BCUT2D eigenvalue weighted by Gasteiger charge is -2.11. The van der Waals surface area contributed by atoms with Gasteiger partial charge >= 0.3 is 18.1 Å². The highest BCUT2D eigenvalue weighted by Crippen LogP contribution is 2.14. The summed E-state index contributed by atoms with van der Waals surface area (Å²) in [5.74, 6) is -3.58. The second-order valence-electron chi connectivity index (χ2n) is 2.29. The van der Waals surface area contributed by atoms with Gasteiger partial charge in [-0.1, -0.05) is 0 Å². The monoisotopic (exact) mass is 224 g/mol. The van der Waals surface area contributed by atoms with E-state index in [1.807, 2.05) is 0 Å². The molecule has 8 heteroatoms. The Balaban J connectivity index is 4.43. The average Bonchev–Trinajstić information content (AvgIpc) is 2.12. The number of nitrogens with one attached hydrogen (secondary N) is 1. The van der Waals surface area contributed by atoms with E-state index in [0.29, 0.717) is 0 Å². The first-order valence-electron chi connectivity index (χ1n) is 3.76. The molecule has 15 heavy (non-hydrogen) atoms. The van der Waals surface area contributed by atoms with Crippen LogP contribution in [-0.4, -0.2) is 30.7 Å². The highest BCUT2D eigenvalue weighted by atomic mass is 19.4. The number of nitriles is 1. The van der Waals surface area contributed by atoms with Crippen LogP contribution in [0.4, 0.5) is 13.2 Å². The van der Waals surface area contributed by atoms with Crippen molar-refractivity contribution in [3.05, 3.63) is 0 Å². The highest BCUT2D eigenvalue weighted by molar-refractivity contribution is 5.89. The Hall–Kier alpha value is -1.78. The van der Waals surface area contributed by atoms with Crippen LogP contribution in [0.2, 0.25) is 0 Å². The SMILES string of the molecule is CCOC(=O)[C@H](C#N)NC(=O)C(F)(F)F. The van der Waals surface area contributed by atoms with Crippen LogP contribution in [0, 0.1) is 11.3 Å². The van der Waals surface area contributed by atoms with Crippen LogP contribution in [0.25, 0.3) is 0 Å². The summed E-state index contributed by atoms with van der Waals surface area (Å²) in [6.45, 7) is 1.32. The maximum Gasteiger partial charge on any atom is 0.471 e. The van der Waals surface area contributed by atoms with E-state index in [0.717, 1.165) is 0 Å². The van der Waals surface area contributed by atoms with E-state index >= 15 is 0 Å². The Kier molecular flexibility index (Phi) is 4.57. The molecular formula is C7H7F3N2O3. The van der Waals surface area contributed by atoms with Gasteiger partial charge in [0.15, 0.2) is 0 Å². The summed E-state index contributed by atoms with van der Waals surface area (Å²) in [4.78, 5) is 21.2. The van der Waals surface area contributed by atoms with E-state index in [-0.39, 0.29) is 6.61 Å². The van der Waals surface area contributed by atoms with E-state index in [9.17, 15) is 22.8 Å². The number of esters is 1. The molecule has 0 saturated carbocycles. The molecular weight excluding hydrogens is 217 g/mol. The Morgan fingerprint density at radius 3 is 2.40 bits per heavy atom. The van der Waals surface area contributed by atoms with E-state index in [1.54, 1.807) is 0 Å². The second kappa shape index (κ2) is 5.19.